The van der Waals surface area contributed by atoms with Crippen LogP contribution in [0, 0.1) is 5.92 Å². The van der Waals surface area contributed by atoms with E-state index in [2.05, 4.69) is 52.8 Å². The first-order chi connectivity index (χ1) is 33.9. The zero-order valence-corrected chi connectivity index (χ0v) is 43.0. The van der Waals surface area contributed by atoms with E-state index in [1.165, 1.54) is 32.4 Å². The smallest absolute Gasteiger partial charge is 0.312 e. The van der Waals surface area contributed by atoms with Gasteiger partial charge in [0.25, 0.3) is 0 Å². The van der Waals surface area contributed by atoms with Crippen molar-refractivity contribution in [3.63, 3.8) is 0 Å². The summed E-state index contributed by atoms with van der Waals surface area (Å²) < 4.78 is 0. The molecule has 2 saturated heterocycles. The SMILES string of the molecule is CC[C@H](C)[C@H](NC(=O)[C@H](CCC(N)=O)NC(=O)[C@H](CCCNC(N)=O)NC(=O)[C@H](CCCN=C(N)N)NC(=O)[C@@H]1CSSC[C@H](NC(=O)[C@@H](N)CC(N)=O)C(=O)N1)C(=O)N[C@H]1CSSC[C@@H](C(N)=O)NC1=O. The zero-order valence-electron chi connectivity index (χ0n) is 39.7. The second kappa shape index (κ2) is 32.2. The van der Waals surface area contributed by atoms with Crippen molar-refractivity contribution in [2.75, 3.05) is 36.1 Å². The van der Waals surface area contributed by atoms with Gasteiger partial charge in [0.1, 0.15) is 48.3 Å². The molecule has 0 radical (unpaired) electrons. The summed E-state index contributed by atoms with van der Waals surface area (Å²) in [5, 5.41) is 22.7. The number of nitrogens with one attached hydrogen (secondary N) is 9. The highest BCUT2D eigenvalue weighted by Gasteiger charge is 2.37. The van der Waals surface area contributed by atoms with Crippen LogP contribution in [0.4, 0.5) is 4.79 Å². The molecular formula is C39H67N17O12S4. The lowest BCUT2D eigenvalue weighted by Crippen LogP contribution is -2.62. The molecule has 2 fully saturated rings. The van der Waals surface area contributed by atoms with Gasteiger partial charge in [-0.1, -0.05) is 63.4 Å². The molecule has 0 aliphatic carbocycles. The van der Waals surface area contributed by atoms with E-state index in [-0.39, 0.29) is 74.2 Å². The Hall–Kier alpha value is -5.93. The molecule has 0 aromatic rings. The highest BCUT2D eigenvalue weighted by molar-refractivity contribution is 8.77. The van der Waals surface area contributed by atoms with E-state index in [1.807, 2.05) is 0 Å². The number of hydrogen-bond donors (Lipinski definition) is 16. The molecule has 2 aliphatic heterocycles. The first kappa shape index (κ1) is 62.2. The van der Waals surface area contributed by atoms with E-state index in [1.54, 1.807) is 13.8 Å². The second-order valence-electron chi connectivity index (χ2n) is 16.5. The van der Waals surface area contributed by atoms with Crippen LogP contribution < -0.4 is 88.0 Å². The maximum atomic E-state index is 14.2. The second-order valence-corrected chi connectivity index (χ2v) is 21.6. The summed E-state index contributed by atoms with van der Waals surface area (Å²) in [6.45, 7) is 3.33. The fourth-order valence-electron chi connectivity index (χ4n) is 6.49. The standard InChI is InChI=1S/C39H67N17O12S4/c1-3-17(2)28(37(67)55-25-16-70-69-13-22(29(43)59)52-35(25)65)56-33(63)21(8-9-26(41)57)51-32(62)19(7-5-11-48-39(46)68)49-31(61)20(6-4-10-47-38(44)45)50-34(64)24-15-72-71-14-23(36(66)54-24)53-30(60)18(40)12-27(42)58/h17-25,28H,3-16,40H2,1-2H3,(H2,41,57)(H2,42,58)(H2,43,59)(H,49,61)(H,50,64)(H,51,62)(H,52,65)(H,53,60)(H,54,66)(H,55,67)(H,56,63)(H4,44,45,47)(H3,46,48,68)/t17-,18-,19-,20-,21-,22-,23-,24-,25-,28-/m0/s1. The third-order valence-corrected chi connectivity index (χ3v) is 15.6. The van der Waals surface area contributed by atoms with Crippen LogP contribution >= 0.6 is 43.2 Å². The molecular weight excluding hydrogens is 1030 g/mol. The van der Waals surface area contributed by atoms with Gasteiger partial charge < -0.3 is 88.0 Å². The number of rotatable bonds is 28. The molecule has 72 heavy (non-hydrogen) atoms. The van der Waals surface area contributed by atoms with Gasteiger partial charge in [-0.15, -0.1) is 0 Å². The van der Waals surface area contributed by atoms with Crippen LogP contribution in [0.15, 0.2) is 4.99 Å². The fraction of sp³-hybridized carbons (Fsp3) is 0.667. The topological polar surface area (TPSA) is 508 Å². The van der Waals surface area contributed by atoms with Gasteiger partial charge in [0, 0.05) is 42.5 Å². The molecule has 13 amide bonds. The van der Waals surface area contributed by atoms with Gasteiger partial charge in [0.05, 0.1) is 12.5 Å². The van der Waals surface area contributed by atoms with Crippen molar-refractivity contribution >= 4 is 120 Å². The molecule has 0 bridgehead atoms. The largest absolute Gasteiger partial charge is 0.370 e. The molecule has 2 heterocycles. The van der Waals surface area contributed by atoms with E-state index in [4.69, 9.17) is 40.1 Å². The fourth-order valence-corrected chi connectivity index (χ4v) is 11.2. The summed E-state index contributed by atoms with van der Waals surface area (Å²) >= 11 is 0. The molecule has 0 aromatic carbocycles. The van der Waals surface area contributed by atoms with Crippen molar-refractivity contribution < 1.29 is 57.5 Å². The van der Waals surface area contributed by atoms with Gasteiger partial charge in [-0.2, -0.15) is 0 Å². The van der Waals surface area contributed by atoms with Crippen LogP contribution in [0.2, 0.25) is 0 Å². The predicted molar refractivity (Wildman–Crippen MR) is 271 cm³/mol. The van der Waals surface area contributed by atoms with Crippen LogP contribution in [0.3, 0.4) is 0 Å². The quantitative estimate of drug-likeness (QED) is 0.0150. The zero-order chi connectivity index (χ0) is 54.1. The van der Waals surface area contributed by atoms with Gasteiger partial charge in [0.2, 0.25) is 65.0 Å². The third-order valence-electron chi connectivity index (χ3n) is 10.7. The van der Waals surface area contributed by atoms with Crippen molar-refractivity contribution in [3.05, 3.63) is 0 Å². The summed E-state index contributed by atoms with van der Waals surface area (Å²) in [6.07, 6.45) is -1.14. The van der Waals surface area contributed by atoms with Crippen LogP contribution in [0.1, 0.15) is 65.2 Å². The minimum atomic E-state index is -1.55. The highest BCUT2D eigenvalue weighted by Crippen LogP contribution is 2.26. The lowest BCUT2D eigenvalue weighted by molar-refractivity contribution is -0.136. The minimum absolute atomic E-state index is 0.00412. The van der Waals surface area contributed by atoms with E-state index in [9.17, 15) is 57.5 Å². The Labute approximate surface area is 430 Å². The Morgan fingerprint density at radius 1 is 0.639 bits per heavy atom. The van der Waals surface area contributed by atoms with E-state index >= 15 is 0 Å². The lowest BCUT2D eigenvalue weighted by Gasteiger charge is -2.30. The van der Waals surface area contributed by atoms with Gasteiger partial charge in [-0.25, -0.2) is 4.79 Å². The average Bonchev–Trinajstić information content (AvgIpc) is 3.29. The summed E-state index contributed by atoms with van der Waals surface area (Å²) in [5.41, 5.74) is 37.8. The molecule has 404 valence electrons. The normalized spacial score (nSPS) is 20.5. The van der Waals surface area contributed by atoms with Crippen LogP contribution in [0.25, 0.3) is 0 Å². The molecule has 29 nitrogen and oxygen atoms in total. The average molecular weight is 1090 g/mol. The monoisotopic (exact) mass is 1090 g/mol. The number of carbonyl (C=O) groups excluding carboxylic acids is 12. The number of amides is 13. The maximum Gasteiger partial charge on any atom is 0.312 e. The number of urea groups is 1. The van der Waals surface area contributed by atoms with Crippen molar-refractivity contribution in [3.8, 4) is 0 Å². The van der Waals surface area contributed by atoms with Gasteiger partial charge >= 0.3 is 6.03 Å². The first-order valence-electron chi connectivity index (χ1n) is 22.6. The Morgan fingerprint density at radius 2 is 1.14 bits per heavy atom. The Kier molecular flexibility index (Phi) is 27.8. The Balaban J connectivity index is 2.41. The van der Waals surface area contributed by atoms with Crippen LogP contribution in [0.5, 0.6) is 0 Å². The van der Waals surface area contributed by atoms with Crippen molar-refractivity contribution in [2.45, 2.75) is 120 Å². The molecule has 10 atom stereocenters. The molecule has 33 heteroatoms. The van der Waals surface area contributed by atoms with Gasteiger partial charge in [-0.3, -0.25) is 57.7 Å². The summed E-state index contributed by atoms with van der Waals surface area (Å²) in [7, 11) is 4.81. The molecule has 0 spiro atoms. The van der Waals surface area contributed by atoms with Gasteiger partial charge in [0.15, 0.2) is 5.96 Å². The summed E-state index contributed by atoms with van der Waals surface area (Å²) in [6, 6.07) is -12.6. The number of nitrogens with zero attached hydrogens (tertiary/aromatic N) is 1. The molecule has 0 unspecified atom stereocenters. The Bertz CT molecular complexity index is 2000. The predicted octanol–water partition coefficient (Wildman–Crippen LogP) is -6.84. The minimum Gasteiger partial charge on any atom is -0.370 e. The van der Waals surface area contributed by atoms with E-state index in [0.29, 0.717) is 6.42 Å². The molecule has 0 saturated carbocycles. The van der Waals surface area contributed by atoms with Crippen LogP contribution in [-0.4, -0.2) is 167 Å². The highest BCUT2D eigenvalue weighted by atomic mass is 33.1. The van der Waals surface area contributed by atoms with Crippen molar-refractivity contribution in [2.24, 2.45) is 51.0 Å². The summed E-state index contributed by atoms with van der Waals surface area (Å²) in [4.78, 5) is 159. The molecule has 23 N–H and O–H groups in total. The first-order valence-corrected chi connectivity index (χ1v) is 27.5. The summed E-state index contributed by atoms with van der Waals surface area (Å²) in [5.74, 6) is -9.63. The number of primary amides is 4. The molecule has 0 aromatic heterocycles. The van der Waals surface area contributed by atoms with Crippen LogP contribution in [-0.2, 0) is 52.7 Å². The third kappa shape index (κ3) is 23.1. The van der Waals surface area contributed by atoms with E-state index < -0.39 is 144 Å². The number of carbonyl (C=O) groups is 12. The number of nitrogens with two attached hydrogens (primary N) is 7. The molecule has 2 rings (SSSR count). The van der Waals surface area contributed by atoms with Crippen molar-refractivity contribution in [1.29, 1.82) is 0 Å². The number of guanidine groups is 1. The number of aliphatic imine (C=N–C) groups is 1. The van der Waals surface area contributed by atoms with Gasteiger partial charge in [-0.05, 0) is 38.0 Å². The lowest BCUT2D eigenvalue weighted by atomic mass is 9.97. The Morgan fingerprint density at radius 3 is 1.67 bits per heavy atom. The van der Waals surface area contributed by atoms with E-state index in [0.717, 1.165) is 10.8 Å². The maximum absolute atomic E-state index is 14.2. The molecule has 2 aliphatic rings. The number of hydrogen-bond acceptors (Lipinski definition) is 18. The van der Waals surface area contributed by atoms with Crippen molar-refractivity contribution in [1.82, 2.24) is 47.9 Å².